The smallest absolute Gasteiger partial charge is 0.125 e. The highest BCUT2D eigenvalue weighted by Crippen LogP contribution is 2.40. The number of likely N-dealkylation sites (N-methyl/N-ethyl adjacent to an activating group) is 1. The molecule has 4 nitrogen and oxygen atoms in total. The highest BCUT2D eigenvalue weighted by atomic mass is 19.1. The van der Waals surface area contributed by atoms with E-state index >= 15 is 0 Å². The van der Waals surface area contributed by atoms with Crippen molar-refractivity contribution in [2.75, 3.05) is 44.8 Å². The molecular weight excluding hydrogens is 327 g/mol. The summed E-state index contributed by atoms with van der Waals surface area (Å²) in [7, 11) is 2.15. The molecule has 2 aromatic rings. The Bertz CT molecular complexity index is 811. The van der Waals surface area contributed by atoms with Crippen molar-refractivity contribution in [2.45, 2.75) is 6.42 Å². The zero-order chi connectivity index (χ0) is 18.1. The molecule has 0 spiro atoms. The minimum atomic E-state index is -0.222. The largest absolute Gasteiger partial charge is 0.359 e. The van der Waals surface area contributed by atoms with E-state index in [-0.39, 0.29) is 5.82 Å². The fourth-order valence-corrected chi connectivity index (χ4v) is 3.69. The summed E-state index contributed by atoms with van der Waals surface area (Å²) in [6.07, 6.45) is 0.814. The van der Waals surface area contributed by atoms with Crippen molar-refractivity contribution >= 4 is 11.4 Å². The number of halogens is 1. The van der Waals surface area contributed by atoms with Crippen LogP contribution >= 0.6 is 0 Å². The molecule has 26 heavy (non-hydrogen) atoms. The Morgan fingerprint density at radius 3 is 2.58 bits per heavy atom. The molecule has 0 aliphatic carbocycles. The molecule has 1 fully saturated rings. The number of hydrogen-bond acceptors (Lipinski definition) is 4. The van der Waals surface area contributed by atoms with Crippen LogP contribution in [0.15, 0.2) is 54.9 Å². The Balaban J connectivity index is 1.57. The van der Waals surface area contributed by atoms with Gasteiger partial charge >= 0.3 is 0 Å². The van der Waals surface area contributed by atoms with E-state index in [0.29, 0.717) is 0 Å². The number of nitrogens with zero attached hydrogens (tertiary/aromatic N) is 3. The van der Waals surface area contributed by atoms with Gasteiger partial charge in [0, 0.05) is 32.6 Å². The first kappa shape index (κ1) is 17.1. The van der Waals surface area contributed by atoms with E-state index in [1.807, 2.05) is 23.1 Å². The lowest BCUT2D eigenvalue weighted by Crippen LogP contribution is -2.48. The normalized spacial score (nSPS) is 17.5. The number of anilines is 2. The van der Waals surface area contributed by atoms with E-state index in [4.69, 9.17) is 0 Å². The second-order valence-electron chi connectivity index (χ2n) is 7.12. The van der Waals surface area contributed by atoms with Gasteiger partial charge in [-0.2, -0.15) is 0 Å². The third-order valence-corrected chi connectivity index (χ3v) is 5.27. The number of nitrogens with one attached hydrogen (secondary N) is 1. The molecule has 1 N–H and O–H groups in total. The third kappa shape index (κ3) is 3.32. The number of rotatable bonds is 4. The Kier molecular flexibility index (Phi) is 4.66. The van der Waals surface area contributed by atoms with E-state index < -0.39 is 0 Å². The standard InChI is InChI=1S/C21H25FN4/c1-16(23-15-25-11-9-24(2)10-12-25)26-20-6-4-3-5-17(20)13-18-7-8-19(22)14-21(18)26/h3-8,14,23H,1,9-13,15H2,2H3. The molecule has 2 aliphatic rings. The molecule has 0 atom stereocenters. The zero-order valence-electron chi connectivity index (χ0n) is 15.2. The van der Waals surface area contributed by atoms with Crippen LogP contribution in [0.2, 0.25) is 0 Å². The minimum absolute atomic E-state index is 0.222. The number of hydrogen-bond donors (Lipinski definition) is 1. The maximum absolute atomic E-state index is 13.9. The Labute approximate surface area is 154 Å². The molecule has 0 unspecified atom stereocenters. The van der Waals surface area contributed by atoms with Crippen LogP contribution < -0.4 is 10.2 Å². The third-order valence-electron chi connectivity index (χ3n) is 5.27. The summed E-state index contributed by atoms with van der Waals surface area (Å²) in [4.78, 5) is 6.77. The van der Waals surface area contributed by atoms with Crippen LogP contribution in [0.25, 0.3) is 0 Å². The van der Waals surface area contributed by atoms with Crippen LogP contribution in [0.5, 0.6) is 0 Å². The first-order valence-electron chi connectivity index (χ1n) is 9.12. The van der Waals surface area contributed by atoms with Crippen LogP contribution in [-0.2, 0) is 6.42 Å². The zero-order valence-corrected chi connectivity index (χ0v) is 15.2. The maximum atomic E-state index is 13.9. The average Bonchev–Trinajstić information content (AvgIpc) is 2.65. The molecule has 136 valence electrons. The molecule has 5 heteroatoms. The lowest BCUT2D eigenvalue weighted by Gasteiger charge is -2.37. The van der Waals surface area contributed by atoms with Gasteiger partial charge in [-0.15, -0.1) is 0 Å². The Morgan fingerprint density at radius 1 is 1.04 bits per heavy atom. The van der Waals surface area contributed by atoms with E-state index in [1.54, 1.807) is 6.07 Å². The highest BCUT2D eigenvalue weighted by Gasteiger charge is 2.25. The van der Waals surface area contributed by atoms with Crippen molar-refractivity contribution in [3.05, 3.63) is 71.8 Å². The Hall–Kier alpha value is -2.37. The minimum Gasteiger partial charge on any atom is -0.359 e. The van der Waals surface area contributed by atoms with Crippen LogP contribution in [-0.4, -0.2) is 49.7 Å². The number of piperazine rings is 1. The lowest BCUT2D eigenvalue weighted by atomic mass is 9.95. The quantitative estimate of drug-likeness (QED) is 0.912. The summed E-state index contributed by atoms with van der Waals surface area (Å²) in [6.45, 7) is 9.24. The molecule has 2 aliphatic heterocycles. The molecule has 0 bridgehead atoms. The predicted octanol–water partition coefficient (Wildman–Crippen LogP) is 3.13. The number of para-hydroxylation sites is 1. The van der Waals surface area contributed by atoms with Crippen molar-refractivity contribution in [1.82, 2.24) is 15.1 Å². The summed E-state index contributed by atoms with van der Waals surface area (Å²) < 4.78 is 13.9. The van der Waals surface area contributed by atoms with Crippen LogP contribution in [0.3, 0.4) is 0 Å². The molecular formula is C21H25FN4. The van der Waals surface area contributed by atoms with Crippen LogP contribution in [0.4, 0.5) is 15.8 Å². The topological polar surface area (TPSA) is 21.8 Å². The van der Waals surface area contributed by atoms with Crippen molar-refractivity contribution in [3.8, 4) is 0 Å². The predicted molar refractivity (Wildman–Crippen MR) is 104 cm³/mol. The van der Waals surface area contributed by atoms with E-state index in [0.717, 1.165) is 62.0 Å². The van der Waals surface area contributed by atoms with Gasteiger partial charge in [0.25, 0.3) is 0 Å². The fourth-order valence-electron chi connectivity index (χ4n) is 3.69. The van der Waals surface area contributed by atoms with Gasteiger partial charge in [-0.1, -0.05) is 30.8 Å². The molecule has 0 radical (unpaired) electrons. The summed E-state index contributed by atoms with van der Waals surface area (Å²) in [6, 6.07) is 13.3. The molecule has 4 rings (SSSR count). The second-order valence-corrected chi connectivity index (χ2v) is 7.12. The van der Waals surface area contributed by atoms with E-state index in [9.17, 15) is 4.39 Å². The molecule has 2 aromatic carbocycles. The first-order valence-corrected chi connectivity index (χ1v) is 9.12. The molecule has 0 amide bonds. The van der Waals surface area contributed by atoms with Crippen molar-refractivity contribution in [1.29, 1.82) is 0 Å². The van der Waals surface area contributed by atoms with Gasteiger partial charge in [0.2, 0.25) is 0 Å². The molecule has 1 saturated heterocycles. The van der Waals surface area contributed by atoms with Gasteiger partial charge in [-0.05, 0) is 36.4 Å². The summed E-state index contributed by atoms with van der Waals surface area (Å²) in [5.41, 5.74) is 4.29. The maximum Gasteiger partial charge on any atom is 0.125 e. The highest BCUT2D eigenvalue weighted by molar-refractivity contribution is 5.77. The average molecular weight is 352 g/mol. The lowest BCUT2D eigenvalue weighted by molar-refractivity contribution is 0.148. The first-order chi connectivity index (χ1) is 12.6. The van der Waals surface area contributed by atoms with Crippen molar-refractivity contribution in [2.24, 2.45) is 0 Å². The van der Waals surface area contributed by atoms with Gasteiger partial charge < -0.3 is 10.2 Å². The number of benzene rings is 2. The van der Waals surface area contributed by atoms with Crippen LogP contribution in [0.1, 0.15) is 11.1 Å². The van der Waals surface area contributed by atoms with Crippen molar-refractivity contribution < 1.29 is 4.39 Å². The Morgan fingerprint density at radius 2 is 1.77 bits per heavy atom. The van der Waals surface area contributed by atoms with Crippen molar-refractivity contribution in [3.63, 3.8) is 0 Å². The second kappa shape index (κ2) is 7.09. The van der Waals surface area contributed by atoms with Gasteiger partial charge in [0.1, 0.15) is 11.6 Å². The van der Waals surface area contributed by atoms with Gasteiger partial charge in [0.15, 0.2) is 0 Å². The molecule has 2 heterocycles. The monoisotopic (exact) mass is 352 g/mol. The number of fused-ring (bicyclic) bond motifs is 2. The van der Waals surface area contributed by atoms with Crippen LogP contribution in [0, 0.1) is 5.82 Å². The van der Waals surface area contributed by atoms with Gasteiger partial charge in [-0.25, -0.2) is 4.39 Å². The SMILES string of the molecule is C=C(NCN1CCN(C)CC1)N1c2ccccc2Cc2ccc(F)cc21. The molecule has 0 aromatic heterocycles. The van der Waals surface area contributed by atoms with Gasteiger partial charge in [-0.3, -0.25) is 9.80 Å². The summed E-state index contributed by atoms with van der Waals surface area (Å²) in [5, 5.41) is 3.45. The van der Waals surface area contributed by atoms with E-state index in [2.05, 4.69) is 40.9 Å². The van der Waals surface area contributed by atoms with Gasteiger partial charge in [0.05, 0.1) is 18.0 Å². The summed E-state index contributed by atoms with van der Waals surface area (Å²) >= 11 is 0. The fraction of sp³-hybridized carbons (Fsp3) is 0.333. The van der Waals surface area contributed by atoms with E-state index in [1.165, 1.54) is 11.6 Å². The molecule has 0 saturated carbocycles. The summed E-state index contributed by atoms with van der Waals surface area (Å²) in [5.74, 6) is 0.558.